The number of ether oxygens (including phenoxy) is 4. The number of phenolic OH excluding ortho intramolecular Hbond substituents is 1. The molecule has 0 radical (unpaired) electrons. The minimum Gasteiger partial charge on any atom is -0.507 e. The summed E-state index contributed by atoms with van der Waals surface area (Å²) in [6, 6.07) is 19.4. The molecule has 0 aliphatic carbocycles. The van der Waals surface area contributed by atoms with Crippen molar-refractivity contribution in [1.82, 2.24) is 39.5 Å². The van der Waals surface area contributed by atoms with E-state index < -0.39 is 32.9 Å². The zero-order valence-corrected chi connectivity index (χ0v) is 36.2. The summed E-state index contributed by atoms with van der Waals surface area (Å²) in [5.74, 6) is 1.72. The molecule has 0 saturated heterocycles. The highest BCUT2D eigenvalue weighted by Gasteiger charge is 2.26. The van der Waals surface area contributed by atoms with Crippen LogP contribution in [0.25, 0.3) is 45.2 Å². The van der Waals surface area contributed by atoms with Crippen LogP contribution in [0, 0.1) is 13.8 Å². The van der Waals surface area contributed by atoms with Crippen molar-refractivity contribution in [3.63, 3.8) is 0 Å². The zero-order valence-electron chi connectivity index (χ0n) is 34.1. The summed E-state index contributed by atoms with van der Waals surface area (Å²) in [6.07, 6.45) is 3.61. The molecule has 3 heterocycles. The zero-order chi connectivity index (χ0) is 43.2. The van der Waals surface area contributed by atoms with Crippen LogP contribution in [-0.2, 0) is 9.53 Å². The normalized spacial score (nSPS) is 12.4. The number of carbonyl (C=O) groups excluding carboxylic acids is 2. The largest absolute Gasteiger partial charge is 0.513 e. The highest BCUT2D eigenvalue weighted by Crippen LogP contribution is 2.43. The van der Waals surface area contributed by atoms with Crippen LogP contribution in [0.15, 0.2) is 78.0 Å². The Morgan fingerprint density at radius 3 is 2.48 bits per heavy atom. The summed E-state index contributed by atoms with van der Waals surface area (Å²) >= 11 is -0.999. The standard InChI is InChI=1S/C43H42IN9O8/c1-7-60-43(57)61-37-21-35(55)31(20-36(37)59-6)41-50-51-42(56)53(41)33-12-8-10-24(2)38(33)45-17-16-27(44-22-54)18-25(3)29-15-14-28(58-5)19-30(29)40-49-48-26(4)52(40)34-13-9-11-32-39(34)47-23-46-32/h8-15,17,19-21,23,25,27,55H,7,16,18H2,1-6H3,(H,46,47)(H,51,56). The second kappa shape index (κ2) is 18.6. The maximum Gasteiger partial charge on any atom is 0.513 e. The van der Waals surface area contributed by atoms with Gasteiger partial charge in [0.2, 0.25) is 0 Å². The van der Waals surface area contributed by atoms with Gasteiger partial charge >= 0.3 is 12.2 Å². The van der Waals surface area contributed by atoms with Crippen LogP contribution in [0.1, 0.15) is 49.6 Å². The predicted molar refractivity (Wildman–Crippen MR) is 236 cm³/mol. The van der Waals surface area contributed by atoms with Gasteiger partial charge in [0.1, 0.15) is 22.8 Å². The number of aromatic amines is 1. The van der Waals surface area contributed by atoms with Crippen LogP contribution in [-0.4, -0.2) is 90.7 Å². The predicted octanol–water partition coefficient (Wildman–Crippen LogP) is 8.33. The topological polar surface area (TPSA) is 214 Å². The first-order chi connectivity index (χ1) is 29.6. The molecule has 0 aliphatic rings. The lowest BCUT2D eigenvalue weighted by Crippen LogP contribution is -2.11. The average molecular weight is 940 g/mol. The number of benzene rings is 4. The monoisotopic (exact) mass is 939 g/mol. The van der Waals surface area contributed by atoms with Gasteiger partial charge in [0, 0.05) is 21.8 Å². The second-order valence-electron chi connectivity index (χ2n) is 13.8. The van der Waals surface area contributed by atoms with E-state index in [0.717, 1.165) is 33.4 Å². The first kappa shape index (κ1) is 42.2. The number of aromatic nitrogens is 8. The van der Waals surface area contributed by atoms with E-state index in [1.165, 1.54) is 23.8 Å². The van der Waals surface area contributed by atoms with Crippen LogP contribution in [0.4, 0.5) is 10.5 Å². The minimum atomic E-state index is -0.999. The Kier molecular flexibility index (Phi) is 12.8. The maximum atomic E-state index is 12.0. The van der Waals surface area contributed by atoms with Gasteiger partial charge in [0.25, 0.3) is 0 Å². The molecular formula is C43H42IN9O8. The summed E-state index contributed by atoms with van der Waals surface area (Å²) in [4.78, 5) is 36.7. The molecule has 2 unspecified atom stereocenters. The van der Waals surface area contributed by atoms with Crippen molar-refractivity contribution in [3.8, 4) is 63.2 Å². The molecule has 18 heteroatoms. The van der Waals surface area contributed by atoms with E-state index in [1.54, 1.807) is 38.7 Å². The molecule has 17 nitrogen and oxygen atoms in total. The van der Waals surface area contributed by atoms with Crippen LogP contribution >= 0.6 is 20.7 Å². The molecule has 3 aromatic heterocycles. The molecule has 0 spiro atoms. The number of alkyl halides is 1. The van der Waals surface area contributed by atoms with Crippen LogP contribution < -0.4 is 14.2 Å². The van der Waals surface area contributed by atoms with Gasteiger partial charge < -0.3 is 34.1 Å². The average Bonchev–Trinajstić information content (AvgIpc) is 3.99. The Hall–Kier alpha value is -6.92. The molecule has 0 fully saturated rings. The van der Waals surface area contributed by atoms with E-state index in [-0.39, 0.29) is 45.1 Å². The molecule has 4 aromatic carbocycles. The Labute approximate surface area is 359 Å². The molecule has 0 bridgehead atoms. The van der Waals surface area contributed by atoms with Gasteiger partial charge in [-0.2, -0.15) is 0 Å². The summed E-state index contributed by atoms with van der Waals surface area (Å²) < 4.78 is 26.7. The summed E-state index contributed by atoms with van der Waals surface area (Å²) in [6.45, 7) is 7.63. The van der Waals surface area contributed by atoms with Crippen molar-refractivity contribution >= 4 is 53.7 Å². The van der Waals surface area contributed by atoms with Crippen molar-refractivity contribution in [1.29, 1.82) is 0 Å². The first-order valence-electron chi connectivity index (χ1n) is 19.1. The van der Waals surface area contributed by atoms with Crippen LogP contribution in [0.5, 0.6) is 29.0 Å². The Morgan fingerprint density at radius 2 is 1.70 bits per heavy atom. The molecule has 3 N–H and O–H groups in total. The molecule has 314 valence electrons. The van der Waals surface area contributed by atoms with Gasteiger partial charge in [-0.1, -0.05) is 36.3 Å². The van der Waals surface area contributed by atoms with Gasteiger partial charge in [-0.15, -0.1) is 15.3 Å². The smallest absolute Gasteiger partial charge is 0.507 e. The number of imidazole rings is 1. The third-order valence-electron chi connectivity index (χ3n) is 10.00. The van der Waals surface area contributed by atoms with E-state index in [2.05, 4.69) is 41.2 Å². The molecule has 7 aromatic rings. The lowest BCUT2D eigenvalue weighted by molar-refractivity contribution is 0.103. The number of hydrogen-bond acceptors (Lipinski definition) is 14. The molecule has 7 rings (SSSR count). The third kappa shape index (κ3) is 8.71. The van der Waals surface area contributed by atoms with Crippen LogP contribution in [0.3, 0.4) is 0 Å². The lowest BCUT2D eigenvalue weighted by atomic mass is 9.90. The van der Waals surface area contributed by atoms with Gasteiger partial charge in [0.15, 0.2) is 27.0 Å². The van der Waals surface area contributed by atoms with E-state index in [9.17, 15) is 19.8 Å². The minimum absolute atomic E-state index is 0.0247. The molecule has 2 atom stereocenters. The van der Waals surface area contributed by atoms with Gasteiger partial charge in [-0.3, -0.25) is 9.56 Å². The second-order valence-corrected chi connectivity index (χ2v) is 16.6. The SMILES string of the molecule is CCOC(=O)Oc1cc(O)c(-c2nnc(O)n2-c2cccc(C)c2N=CCC(CC(C)c2ccc(OC)cc2-c2nnc(C)n2-c2cccc3[nH]cnc23)I=C=O)cc1OC. The Bertz CT molecular complexity index is 2810. The van der Waals surface area contributed by atoms with Crippen LogP contribution in [0.2, 0.25) is 0 Å². The van der Waals surface area contributed by atoms with E-state index in [4.69, 9.17) is 23.9 Å². The fourth-order valence-electron chi connectivity index (χ4n) is 7.13. The number of aryl methyl sites for hydroxylation is 2. The Morgan fingerprint density at radius 1 is 0.934 bits per heavy atom. The molecule has 0 aliphatic heterocycles. The van der Waals surface area contributed by atoms with Gasteiger partial charge in [-0.25, -0.2) is 19.1 Å². The number of aliphatic imine (C=N–C) groups is 1. The number of rotatable bonds is 15. The van der Waals surface area contributed by atoms with E-state index in [0.29, 0.717) is 41.6 Å². The van der Waals surface area contributed by atoms with E-state index in [1.807, 2.05) is 60.9 Å². The number of carbonyl (C=O) groups is 1. The molecule has 0 amide bonds. The number of phenols is 1. The summed E-state index contributed by atoms with van der Waals surface area (Å²) in [7, 11) is 2.99. The molecular weight excluding hydrogens is 897 g/mol. The van der Waals surface area contributed by atoms with Crippen molar-refractivity contribution in [2.24, 2.45) is 4.99 Å². The number of nitrogens with zero attached hydrogens (tertiary/aromatic N) is 8. The third-order valence-corrected chi connectivity index (χ3v) is 12.1. The summed E-state index contributed by atoms with van der Waals surface area (Å²) in [5.41, 5.74) is 6.21. The highest BCUT2D eigenvalue weighted by molar-refractivity contribution is 14.2. The number of H-pyrrole nitrogens is 1. The van der Waals surface area contributed by atoms with Gasteiger partial charge in [-0.05, 0) is 108 Å². The molecule has 0 saturated carbocycles. The number of methoxy groups -OCH3 is 2. The number of hydrogen-bond donors (Lipinski definition) is 3. The van der Waals surface area contributed by atoms with Crippen molar-refractivity contribution in [2.75, 3.05) is 20.8 Å². The maximum absolute atomic E-state index is 12.0. The number of para-hydroxylation sites is 2. The fourth-order valence-corrected chi connectivity index (χ4v) is 8.99. The highest BCUT2D eigenvalue weighted by atomic mass is 127. The van der Waals surface area contributed by atoms with Gasteiger partial charge in [0.05, 0.1) is 55.3 Å². The summed E-state index contributed by atoms with van der Waals surface area (Å²) in [5, 5.41) is 39.3. The number of halogens is 1. The number of fused-ring (bicyclic) bond motifs is 1. The molecule has 61 heavy (non-hydrogen) atoms. The van der Waals surface area contributed by atoms with E-state index >= 15 is 0 Å². The van der Waals surface area contributed by atoms with Crippen molar-refractivity contribution in [2.45, 2.75) is 50.4 Å². The Balaban J connectivity index is 1.18. The lowest BCUT2D eigenvalue weighted by Gasteiger charge is -2.20. The number of aromatic hydroxyl groups is 2. The van der Waals surface area contributed by atoms with Crippen molar-refractivity contribution in [3.05, 3.63) is 90.0 Å². The quantitative estimate of drug-likeness (QED) is 0.0290. The number of nitrogens with one attached hydrogen (secondary N) is 1. The fraction of sp³-hybridized carbons (Fsp3) is 0.256. The first-order valence-corrected chi connectivity index (χ1v) is 21.4. The van der Waals surface area contributed by atoms with Crippen molar-refractivity contribution < 1.29 is 38.7 Å².